The SMILES string of the molecule is CCC(=O)N1CCC(C(NC(=O)c2ccc(F)cc2)C(=O)NC2CC2)CC1. The number of nitrogens with one attached hydrogen (secondary N) is 2. The minimum Gasteiger partial charge on any atom is -0.352 e. The van der Waals surface area contributed by atoms with Crippen molar-refractivity contribution in [2.24, 2.45) is 5.92 Å². The molecule has 0 spiro atoms. The zero-order valence-electron chi connectivity index (χ0n) is 15.5. The molecule has 1 saturated heterocycles. The average molecular weight is 375 g/mol. The van der Waals surface area contributed by atoms with E-state index in [0.717, 1.165) is 12.8 Å². The highest BCUT2D eigenvalue weighted by Crippen LogP contribution is 2.24. The summed E-state index contributed by atoms with van der Waals surface area (Å²) in [6.07, 6.45) is 3.73. The summed E-state index contributed by atoms with van der Waals surface area (Å²) in [5.41, 5.74) is 0.319. The normalized spacial score (nSPS) is 18.7. The number of hydrogen-bond donors (Lipinski definition) is 2. The molecule has 1 aliphatic heterocycles. The molecule has 1 saturated carbocycles. The van der Waals surface area contributed by atoms with Gasteiger partial charge in [-0.25, -0.2) is 4.39 Å². The first-order valence-electron chi connectivity index (χ1n) is 9.62. The maximum absolute atomic E-state index is 13.1. The Labute approximate surface area is 158 Å². The van der Waals surface area contributed by atoms with Crippen LogP contribution in [0.25, 0.3) is 0 Å². The molecule has 2 fully saturated rings. The number of carbonyl (C=O) groups is 3. The van der Waals surface area contributed by atoms with E-state index in [1.165, 1.54) is 24.3 Å². The van der Waals surface area contributed by atoms with Crippen LogP contribution in [0.1, 0.15) is 49.4 Å². The fraction of sp³-hybridized carbons (Fsp3) is 0.550. The van der Waals surface area contributed by atoms with Crippen LogP contribution in [0.3, 0.4) is 0 Å². The Morgan fingerprint density at radius 3 is 2.30 bits per heavy atom. The summed E-state index contributed by atoms with van der Waals surface area (Å²) in [5.74, 6) is -0.898. The third kappa shape index (κ3) is 5.05. The predicted molar refractivity (Wildman–Crippen MR) is 98.4 cm³/mol. The minimum absolute atomic E-state index is 0.0333. The highest BCUT2D eigenvalue weighted by atomic mass is 19.1. The lowest BCUT2D eigenvalue weighted by atomic mass is 9.88. The van der Waals surface area contributed by atoms with E-state index in [9.17, 15) is 18.8 Å². The molecule has 6 nitrogen and oxygen atoms in total. The van der Waals surface area contributed by atoms with Gasteiger partial charge in [0.05, 0.1) is 0 Å². The Hall–Kier alpha value is -2.44. The molecule has 1 aromatic carbocycles. The molecule has 1 aromatic rings. The molecule has 1 heterocycles. The molecule has 0 radical (unpaired) electrons. The zero-order valence-corrected chi connectivity index (χ0v) is 15.5. The van der Waals surface area contributed by atoms with Gasteiger partial charge in [-0.3, -0.25) is 14.4 Å². The second-order valence-corrected chi connectivity index (χ2v) is 7.31. The molecule has 3 amide bonds. The molecule has 27 heavy (non-hydrogen) atoms. The van der Waals surface area contributed by atoms with Crippen molar-refractivity contribution in [3.8, 4) is 0 Å². The predicted octanol–water partition coefficient (Wildman–Crippen LogP) is 1.85. The number of piperidine rings is 1. The largest absolute Gasteiger partial charge is 0.352 e. The number of hydrogen-bond acceptors (Lipinski definition) is 3. The van der Waals surface area contributed by atoms with Crippen LogP contribution >= 0.6 is 0 Å². The molecule has 2 N–H and O–H groups in total. The van der Waals surface area contributed by atoms with Gasteiger partial charge in [0.2, 0.25) is 11.8 Å². The Morgan fingerprint density at radius 1 is 1.11 bits per heavy atom. The third-order valence-electron chi connectivity index (χ3n) is 5.27. The highest BCUT2D eigenvalue weighted by molar-refractivity contribution is 5.97. The second kappa shape index (κ2) is 8.50. The van der Waals surface area contributed by atoms with Crippen molar-refractivity contribution in [2.45, 2.75) is 51.1 Å². The maximum Gasteiger partial charge on any atom is 0.251 e. The van der Waals surface area contributed by atoms with E-state index in [1.54, 1.807) is 0 Å². The third-order valence-corrected chi connectivity index (χ3v) is 5.27. The number of rotatable bonds is 6. The number of likely N-dealkylation sites (tertiary alicyclic amines) is 1. The monoisotopic (exact) mass is 375 g/mol. The molecule has 1 aliphatic carbocycles. The molecule has 2 aliphatic rings. The van der Waals surface area contributed by atoms with Crippen molar-refractivity contribution >= 4 is 17.7 Å². The molecule has 0 bridgehead atoms. The lowest BCUT2D eigenvalue weighted by molar-refractivity contribution is -0.132. The summed E-state index contributed by atoms with van der Waals surface area (Å²) >= 11 is 0. The van der Waals surface area contributed by atoms with Crippen LogP contribution < -0.4 is 10.6 Å². The van der Waals surface area contributed by atoms with Gasteiger partial charge in [0.15, 0.2) is 0 Å². The molecular weight excluding hydrogens is 349 g/mol. The minimum atomic E-state index is -0.651. The maximum atomic E-state index is 13.1. The van der Waals surface area contributed by atoms with Crippen LogP contribution in [0.2, 0.25) is 0 Å². The van der Waals surface area contributed by atoms with Crippen LogP contribution in [0.15, 0.2) is 24.3 Å². The first-order chi connectivity index (χ1) is 13.0. The second-order valence-electron chi connectivity index (χ2n) is 7.31. The molecule has 3 rings (SSSR count). The van der Waals surface area contributed by atoms with Crippen LogP contribution in [-0.4, -0.2) is 47.8 Å². The van der Waals surface area contributed by atoms with Gasteiger partial charge in [0.25, 0.3) is 5.91 Å². The van der Waals surface area contributed by atoms with Gasteiger partial charge >= 0.3 is 0 Å². The molecule has 7 heteroatoms. The molecule has 1 unspecified atom stereocenters. The van der Waals surface area contributed by atoms with Gasteiger partial charge in [-0.05, 0) is 55.9 Å². The fourth-order valence-electron chi connectivity index (χ4n) is 3.45. The summed E-state index contributed by atoms with van der Waals surface area (Å²) in [4.78, 5) is 39.0. The highest BCUT2D eigenvalue weighted by Gasteiger charge is 2.36. The van der Waals surface area contributed by atoms with Gasteiger partial charge in [-0.2, -0.15) is 0 Å². The first-order valence-corrected chi connectivity index (χ1v) is 9.62. The van der Waals surface area contributed by atoms with Crippen LogP contribution in [0.4, 0.5) is 4.39 Å². The quantitative estimate of drug-likeness (QED) is 0.797. The van der Waals surface area contributed by atoms with Gasteiger partial charge in [0.1, 0.15) is 11.9 Å². The summed E-state index contributed by atoms with van der Waals surface area (Å²) < 4.78 is 13.1. The Kier molecular flexibility index (Phi) is 6.08. The fourth-order valence-corrected chi connectivity index (χ4v) is 3.45. The number of benzene rings is 1. The van der Waals surface area contributed by atoms with E-state index in [2.05, 4.69) is 10.6 Å². The lowest BCUT2D eigenvalue weighted by Crippen LogP contribution is -2.54. The van der Waals surface area contributed by atoms with Gasteiger partial charge in [-0.1, -0.05) is 6.92 Å². The number of nitrogens with zero attached hydrogens (tertiary/aromatic N) is 1. The van der Waals surface area contributed by atoms with E-state index >= 15 is 0 Å². The standard InChI is InChI=1S/C20H26FN3O3/c1-2-17(25)24-11-9-13(10-12-24)18(20(27)22-16-7-8-16)23-19(26)14-3-5-15(21)6-4-14/h3-6,13,16,18H,2,7-12H2,1H3,(H,22,27)(H,23,26). The van der Waals surface area contributed by atoms with Crippen molar-refractivity contribution in [3.63, 3.8) is 0 Å². The van der Waals surface area contributed by atoms with E-state index in [4.69, 9.17) is 0 Å². The van der Waals surface area contributed by atoms with Crippen molar-refractivity contribution in [1.82, 2.24) is 15.5 Å². The van der Waals surface area contributed by atoms with Crippen LogP contribution in [-0.2, 0) is 9.59 Å². The van der Waals surface area contributed by atoms with Crippen molar-refractivity contribution in [1.29, 1.82) is 0 Å². The Morgan fingerprint density at radius 2 is 1.74 bits per heavy atom. The summed E-state index contributed by atoms with van der Waals surface area (Å²) in [6.45, 7) is 3.02. The summed E-state index contributed by atoms with van der Waals surface area (Å²) in [7, 11) is 0. The van der Waals surface area contributed by atoms with Gasteiger partial charge in [0, 0.05) is 31.1 Å². The van der Waals surface area contributed by atoms with Gasteiger partial charge in [-0.15, -0.1) is 0 Å². The van der Waals surface area contributed by atoms with Crippen molar-refractivity contribution in [3.05, 3.63) is 35.6 Å². The first kappa shape index (κ1) is 19.3. The Bertz CT molecular complexity index is 695. The van der Waals surface area contributed by atoms with Crippen molar-refractivity contribution in [2.75, 3.05) is 13.1 Å². The Balaban J connectivity index is 1.67. The number of halogens is 1. The summed E-state index contributed by atoms with van der Waals surface area (Å²) in [6, 6.07) is 4.81. The van der Waals surface area contributed by atoms with E-state index < -0.39 is 17.8 Å². The van der Waals surface area contributed by atoms with Gasteiger partial charge < -0.3 is 15.5 Å². The van der Waals surface area contributed by atoms with Crippen molar-refractivity contribution < 1.29 is 18.8 Å². The number of amides is 3. The summed E-state index contributed by atoms with van der Waals surface area (Å²) in [5, 5.41) is 5.80. The molecule has 0 aromatic heterocycles. The molecule has 146 valence electrons. The average Bonchev–Trinajstić information content (AvgIpc) is 3.50. The van der Waals surface area contributed by atoms with E-state index in [0.29, 0.717) is 37.9 Å². The van der Waals surface area contributed by atoms with E-state index in [-0.39, 0.29) is 23.8 Å². The van der Waals surface area contributed by atoms with E-state index in [1.807, 2.05) is 11.8 Å². The number of carbonyl (C=O) groups excluding carboxylic acids is 3. The molecular formula is C20H26FN3O3. The smallest absolute Gasteiger partial charge is 0.251 e. The molecule has 1 atom stereocenters. The topological polar surface area (TPSA) is 78.5 Å². The zero-order chi connectivity index (χ0) is 19.4. The van der Waals surface area contributed by atoms with Crippen LogP contribution in [0, 0.1) is 11.7 Å². The lowest BCUT2D eigenvalue weighted by Gasteiger charge is -2.35. The van der Waals surface area contributed by atoms with Crippen LogP contribution in [0.5, 0.6) is 0 Å².